The highest BCUT2D eigenvalue weighted by Crippen LogP contribution is 2.19. The Hall–Kier alpha value is -1.82. The molecule has 2 aromatic rings. The fourth-order valence-corrected chi connectivity index (χ4v) is 4.07. The number of allylic oxidation sites excluding steroid dienone is 1. The van der Waals surface area contributed by atoms with Gasteiger partial charge in [0.15, 0.2) is 0 Å². The fourth-order valence-electron chi connectivity index (χ4n) is 2.66. The average molecular weight is 321 g/mol. The molecule has 0 saturated carbocycles. The molecule has 0 amide bonds. The Balaban J connectivity index is 1.98. The number of hydrogen-bond acceptors (Lipinski definition) is 0. The van der Waals surface area contributed by atoms with Gasteiger partial charge in [0.25, 0.3) is 0 Å². The molecule has 0 N–H and O–H groups in total. The lowest BCUT2D eigenvalue weighted by Gasteiger charge is -2.19. The molecular formula is C22H28Si. The Morgan fingerprint density at radius 2 is 1.35 bits per heavy atom. The SMILES string of the molecule is C[Si](C)(C)C(=C=CCCc1ccccc1)CCc1ccccc1. The predicted molar refractivity (Wildman–Crippen MR) is 104 cm³/mol. The fraction of sp³-hybridized carbons (Fsp3) is 0.318. The van der Waals surface area contributed by atoms with Gasteiger partial charge in [0.2, 0.25) is 0 Å². The van der Waals surface area contributed by atoms with E-state index in [0.717, 1.165) is 25.7 Å². The van der Waals surface area contributed by atoms with Crippen LogP contribution in [-0.4, -0.2) is 8.07 Å². The van der Waals surface area contributed by atoms with E-state index in [1.54, 1.807) is 5.20 Å². The van der Waals surface area contributed by atoms with E-state index < -0.39 is 8.07 Å². The van der Waals surface area contributed by atoms with Crippen molar-refractivity contribution in [3.63, 3.8) is 0 Å². The summed E-state index contributed by atoms with van der Waals surface area (Å²) in [5, 5.41) is 1.55. The van der Waals surface area contributed by atoms with Crippen LogP contribution in [0, 0.1) is 0 Å². The van der Waals surface area contributed by atoms with Gasteiger partial charge in [-0.2, -0.15) is 0 Å². The minimum atomic E-state index is -1.30. The maximum atomic E-state index is 3.65. The van der Waals surface area contributed by atoms with Crippen LogP contribution in [0.3, 0.4) is 0 Å². The molecule has 0 unspecified atom stereocenters. The van der Waals surface area contributed by atoms with Crippen molar-refractivity contribution < 1.29 is 0 Å². The lowest BCUT2D eigenvalue weighted by molar-refractivity contribution is 0.970. The zero-order chi connectivity index (χ0) is 16.5. The zero-order valence-corrected chi connectivity index (χ0v) is 15.7. The molecule has 23 heavy (non-hydrogen) atoms. The highest BCUT2D eigenvalue weighted by atomic mass is 28.3. The maximum Gasteiger partial charge on any atom is 0.0823 e. The second-order valence-corrected chi connectivity index (χ2v) is 12.2. The molecule has 0 aliphatic rings. The Morgan fingerprint density at radius 1 is 0.826 bits per heavy atom. The molecule has 0 aliphatic carbocycles. The van der Waals surface area contributed by atoms with Gasteiger partial charge < -0.3 is 0 Å². The molecule has 120 valence electrons. The van der Waals surface area contributed by atoms with Crippen LogP contribution in [0.2, 0.25) is 19.6 Å². The molecule has 0 atom stereocenters. The van der Waals surface area contributed by atoms with Gasteiger partial charge in [-0.05, 0) is 48.1 Å². The molecule has 0 nitrogen and oxygen atoms in total. The normalized spacial score (nSPS) is 10.9. The molecule has 2 rings (SSSR count). The molecule has 2 aromatic carbocycles. The summed E-state index contributed by atoms with van der Waals surface area (Å²) in [5.41, 5.74) is 6.49. The summed E-state index contributed by atoms with van der Waals surface area (Å²) in [5.74, 6) is 0. The quantitative estimate of drug-likeness (QED) is 0.420. The van der Waals surface area contributed by atoms with Crippen LogP contribution in [0.5, 0.6) is 0 Å². The number of hydrogen-bond donors (Lipinski definition) is 0. The van der Waals surface area contributed by atoms with E-state index in [1.807, 2.05) is 0 Å². The molecule has 0 aliphatic heterocycles. The van der Waals surface area contributed by atoms with Gasteiger partial charge in [-0.1, -0.05) is 80.3 Å². The molecule has 0 saturated heterocycles. The van der Waals surface area contributed by atoms with Crippen LogP contribution >= 0.6 is 0 Å². The van der Waals surface area contributed by atoms with Crippen molar-refractivity contribution in [3.8, 4) is 0 Å². The van der Waals surface area contributed by atoms with Gasteiger partial charge in [-0.15, -0.1) is 5.73 Å². The standard InChI is InChI=1S/C22H28Si/c1-23(2,3)22(19-18-21-14-8-5-9-15-21)17-11-10-16-20-12-6-4-7-13-20/h4-9,11-15H,10,16,18-19H2,1-3H3. The van der Waals surface area contributed by atoms with Crippen molar-refractivity contribution in [2.24, 2.45) is 0 Å². The summed E-state index contributed by atoms with van der Waals surface area (Å²) < 4.78 is 0. The van der Waals surface area contributed by atoms with E-state index in [4.69, 9.17) is 0 Å². The number of benzene rings is 2. The van der Waals surface area contributed by atoms with Gasteiger partial charge in [-0.3, -0.25) is 0 Å². The topological polar surface area (TPSA) is 0 Å². The first kappa shape index (κ1) is 17.5. The minimum Gasteiger partial charge on any atom is -0.131 e. The third kappa shape index (κ3) is 6.44. The Labute approximate surface area is 142 Å². The Morgan fingerprint density at radius 3 is 1.87 bits per heavy atom. The zero-order valence-electron chi connectivity index (χ0n) is 14.7. The molecule has 0 aromatic heterocycles. The van der Waals surface area contributed by atoms with Gasteiger partial charge >= 0.3 is 0 Å². The molecule has 0 bridgehead atoms. The van der Waals surface area contributed by atoms with E-state index in [1.165, 1.54) is 11.1 Å². The monoisotopic (exact) mass is 320 g/mol. The summed E-state index contributed by atoms with van der Waals surface area (Å²) >= 11 is 0. The summed E-state index contributed by atoms with van der Waals surface area (Å²) in [4.78, 5) is 0. The van der Waals surface area contributed by atoms with E-state index >= 15 is 0 Å². The lowest BCUT2D eigenvalue weighted by atomic mass is 10.1. The molecule has 1 heteroatoms. The van der Waals surface area contributed by atoms with Crippen LogP contribution in [0.25, 0.3) is 0 Å². The van der Waals surface area contributed by atoms with Crippen LogP contribution in [-0.2, 0) is 12.8 Å². The molecule has 0 heterocycles. The second-order valence-electron chi connectivity index (χ2n) is 7.09. The van der Waals surface area contributed by atoms with E-state index in [0.29, 0.717) is 0 Å². The van der Waals surface area contributed by atoms with Gasteiger partial charge in [0, 0.05) is 0 Å². The lowest BCUT2D eigenvalue weighted by Crippen LogP contribution is -2.23. The summed E-state index contributed by atoms with van der Waals surface area (Å²) in [6.45, 7) is 7.27. The van der Waals surface area contributed by atoms with Crippen molar-refractivity contribution >= 4 is 8.07 Å². The van der Waals surface area contributed by atoms with E-state index in [2.05, 4.69) is 92.1 Å². The second kappa shape index (κ2) is 8.72. The van der Waals surface area contributed by atoms with Crippen molar-refractivity contribution in [2.45, 2.75) is 45.3 Å². The minimum absolute atomic E-state index is 1.07. The van der Waals surface area contributed by atoms with Gasteiger partial charge in [0.1, 0.15) is 0 Å². The van der Waals surface area contributed by atoms with E-state index in [-0.39, 0.29) is 0 Å². The van der Waals surface area contributed by atoms with Crippen molar-refractivity contribution in [3.05, 3.63) is 88.8 Å². The molecule has 0 spiro atoms. The largest absolute Gasteiger partial charge is 0.131 e. The molecule has 0 radical (unpaired) electrons. The van der Waals surface area contributed by atoms with Crippen molar-refractivity contribution in [1.29, 1.82) is 0 Å². The summed E-state index contributed by atoms with van der Waals surface area (Å²) in [7, 11) is -1.30. The predicted octanol–water partition coefficient (Wildman–Crippen LogP) is 6.21. The summed E-state index contributed by atoms with van der Waals surface area (Å²) in [6.07, 6.45) is 6.70. The number of rotatable bonds is 7. The van der Waals surface area contributed by atoms with Crippen molar-refractivity contribution in [2.75, 3.05) is 0 Å². The number of aryl methyl sites for hydroxylation is 2. The maximum absolute atomic E-state index is 3.65. The first-order valence-electron chi connectivity index (χ1n) is 8.58. The van der Waals surface area contributed by atoms with Gasteiger partial charge in [0.05, 0.1) is 8.07 Å². The van der Waals surface area contributed by atoms with Crippen LogP contribution in [0.4, 0.5) is 0 Å². The van der Waals surface area contributed by atoms with Crippen molar-refractivity contribution in [1.82, 2.24) is 0 Å². The van der Waals surface area contributed by atoms with Gasteiger partial charge in [-0.25, -0.2) is 0 Å². The van der Waals surface area contributed by atoms with Crippen LogP contribution in [0.15, 0.2) is 77.7 Å². The Kier molecular flexibility index (Phi) is 6.64. The third-order valence-electron chi connectivity index (χ3n) is 4.11. The van der Waals surface area contributed by atoms with Crippen LogP contribution in [0.1, 0.15) is 24.0 Å². The first-order valence-corrected chi connectivity index (χ1v) is 12.1. The van der Waals surface area contributed by atoms with E-state index in [9.17, 15) is 0 Å². The first-order chi connectivity index (χ1) is 11.1. The summed E-state index contributed by atoms with van der Waals surface area (Å²) in [6, 6.07) is 21.5. The van der Waals surface area contributed by atoms with Crippen LogP contribution < -0.4 is 0 Å². The Bertz CT molecular complexity index is 641. The molecule has 0 fully saturated rings. The molecular weight excluding hydrogens is 292 g/mol. The third-order valence-corrected chi connectivity index (χ3v) is 6.31. The highest BCUT2D eigenvalue weighted by Gasteiger charge is 2.18. The average Bonchev–Trinajstić information content (AvgIpc) is 2.55. The highest BCUT2D eigenvalue weighted by molar-refractivity contribution is 6.83. The smallest absolute Gasteiger partial charge is 0.0823 e.